The quantitative estimate of drug-likeness (QED) is 0.675. The van der Waals surface area contributed by atoms with Crippen LogP contribution in [0.15, 0.2) is 41.5 Å². The van der Waals surface area contributed by atoms with Crippen molar-refractivity contribution in [1.29, 1.82) is 0 Å². The van der Waals surface area contributed by atoms with E-state index >= 15 is 0 Å². The number of hydrogen-bond donors (Lipinski definition) is 2. The lowest BCUT2D eigenvalue weighted by Crippen LogP contribution is -2.34. The number of aromatic amines is 1. The number of ether oxygens (including phenoxy) is 1. The molecular weight excluding hydrogens is 361 g/mol. The summed E-state index contributed by atoms with van der Waals surface area (Å²) in [6.07, 6.45) is 2.24. The molecule has 7 heteroatoms. The SMILES string of the molecule is CC.CCC1C(COc2nccc3cc4c(=O)[nH]ccc4cc23)NC(=O)C1F. The minimum Gasteiger partial charge on any atom is -0.475 e. The molecule has 1 aliphatic heterocycles. The number of hydrogen-bond acceptors (Lipinski definition) is 4. The lowest BCUT2D eigenvalue weighted by Gasteiger charge is -2.18. The highest BCUT2D eigenvalue weighted by Gasteiger charge is 2.41. The Morgan fingerprint density at radius 3 is 2.61 bits per heavy atom. The molecule has 1 amide bonds. The highest BCUT2D eigenvalue weighted by atomic mass is 19.1. The number of alkyl halides is 1. The van der Waals surface area contributed by atoms with Crippen molar-refractivity contribution in [3.8, 4) is 5.88 Å². The first kappa shape index (κ1) is 19.8. The van der Waals surface area contributed by atoms with E-state index in [0.717, 1.165) is 16.2 Å². The zero-order chi connectivity index (χ0) is 20.3. The Labute approximate surface area is 162 Å². The van der Waals surface area contributed by atoms with Gasteiger partial charge in [0.05, 0.1) is 6.04 Å². The minimum atomic E-state index is -1.50. The van der Waals surface area contributed by atoms with Crippen LogP contribution < -0.4 is 15.6 Å². The van der Waals surface area contributed by atoms with E-state index in [0.29, 0.717) is 17.7 Å². The van der Waals surface area contributed by atoms with Crippen LogP contribution in [0.3, 0.4) is 0 Å². The van der Waals surface area contributed by atoms with E-state index in [2.05, 4.69) is 15.3 Å². The van der Waals surface area contributed by atoms with Gasteiger partial charge < -0.3 is 15.0 Å². The average Bonchev–Trinajstić information content (AvgIpc) is 3.00. The van der Waals surface area contributed by atoms with E-state index in [-0.39, 0.29) is 18.2 Å². The Morgan fingerprint density at radius 1 is 1.14 bits per heavy atom. The normalized spacial score (nSPS) is 21.3. The first-order valence-electron chi connectivity index (χ1n) is 9.56. The van der Waals surface area contributed by atoms with Gasteiger partial charge in [0.15, 0.2) is 6.17 Å². The molecule has 148 valence electrons. The van der Waals surface area contributed by atoms with Gasteiger partial charge in [0, 0.05) is 29.1 Å². The number of nitrogens with zero attached hydrogens (tertiary/aromatic N) is 1. The van der Waals surface area contributed by atoms with Gasteiger partial charge in [-0.2, -0.15) is 0 Å². The summed E-state index contributed by atoms with van der Waals surface area (Å²) in [6.45, 7) is 5.99. The zero-order valence-electron chi connectivity index (χ0n) is 16.2. The smallest absolute Gasteiger partial charge is 0.255 e. The number of benzene rings is 1. The molecule has 1 aliphatic rings. The van der Waals surface area contributed by atoms with Crippen molar-refractivity contribution in [3.05, 3.63) is 47.0 Å². The number of fused-ring (bicyclic) bond motifs is 2. The molecule has 28 heavy (non-hydrogen) atoms. The van der Waals surface area contributed by atoms with Crippen LogP contribution in [0, 0.1) is 5.92 Å². The summed E-state index contributed by atoms with van der Waals surface area (Å²) in [5, 5.41) is 5.61. The number of nitrogens with one attached hydrogen (secondary N) is 2. The van der Waals surface area contributed by atoms with E-state index in [1.165, 1.54) is 0 Å². The Hall–Kier alpha value is -2.96. The third-order valence-corrected chi connectivity index (χ3v) is 4.96. The van der Waals surface area contributed by atoms with Crippen molar-refractivity contribution < 1.29 is 13.9 Å². The molecule has 0 spiro atoms. The fraction of sp³-hybridized carbons (Fsp3) is 0.381. The fourth-order valence-electron chi connectivity index (χ4n) is 3.54. The van der Waals surface area contributed by atoms with Gasteiger partial charge in [0.1, 0.15) is 6.61 Å². The maximum Gasteiger partial charge on any atom is 0.255 e. The molecule has 3 heterocycles. The van der Waals surface area contributed by atoms with Crippen molar-refractivity contribution in [2.75, 3.05) is 6.61 Å². The van der Waals surface area contributed by atoms with Crippen LogP contribution in [0.2, 0.25) is 0 Å². The number of carbonyl (C=O) groups excluding carboxylic acids is 1. The Bertz CT molecular complexity index is 1050. The Balaban J connectivity index is 0.00000109. The monoisotopic (exact) mass is 385 g/mol. The van der Waals surface area contributed by atoms with Crippen molar-refractivity contribution in [2.24, 2.45) is 5.92 Å². The molecule has 3 atom stereocenters. The third-order valence-electron chi connectivity index (χ3n) is 4.96. The van der Waals surface area contributed by atoms with Gasteiger partial charge in [0.25, 0.3) is 11.5 Å². The molecule has 0 bridgehead atoms. The summed E-state index contributed by atoms with van der Waals surface area (Å²) in [5.74, 6) is -0.588. The molecule has 2 N–H and O–H groups in total. The lowest BCUT2D eigenvalue weighted by atomic mass is 9.97. The van der Waals surface area contributed by atoms with E-state index in [1.807, 2.05) is 32.9 Å². The highest BCUT2D eigenvalue weighted by Crippen LogP contribution is 2.28. The van der Waals surface area contributed by atoms with Crippen LogP contribution in [-0.4, -0.2) is 34.7 Å². The zero-order valence-corrected chi connectivity index (χ0v) is 16.2. The van der Waals surface area contributed by atoms with Crippen LogP contribution in [0.25, 0.3) is 21.5 Å². The number of H-pyrrole nitrogens is 1. The summed E-state index contributed by atoms with van der Waals surface area (Å²) < 4.78 is 19.7. The van der Waals surface area contributed by atoms with Gasteiger partial charge >= 0.3 is 0 Å². The van der Waals surface area contributed by atoms with Crippen molar-refractivity contribution in [3.63, 3.8) is 0 Å². The first-order chi connectivity index (χ1) is 13.6. The minimum absolute atomic E-state index is 0.143. The van der Waals surface area contributed by atoms with Gasteiger partial charge in [-0.3, -0.25) is 9.59 Å². The standard InChI is InChI=1S/C19H18FN3O3.C2H6/c1-2-12-15(23-18(25)16(12)20)9-26-19-14-8-10-3-5-21-17(24)13(10)7-11(14)4-6-22-19;1-2/h3-8,12,15-16H,2,9H2,1H3,(H,21,24)(H,23,25);1-2H3. The molecular formula is C21H24FN3O3. The molecule has 3 aromatic rings. The fourth-order valence-corrected chi connectivity index (χ4v) is 3.54. The maximum absolute atomic E-state index is 13.9. The summed E-state index contributed by atoms with van der Waals surface area (Å²) in [6, 6.07) is 6.87. The molecule has 6 nitrogen and oxygen atoms in total. The maximum atomic E-state index is 13.9. The summed E-state index contributed by atoms with van der Waals surface area (Å²) in [4.78, 5) is 30.5. The van der Waals surface area contributed by atoms with E-state index in [9.17, 15) is 14.0 Å². The number of rotatable bonds is 4. The van der Waals surface area contributed by atoms with Crippen LogP contribution in [0.1, 0.15) is 27.2 Å². The largest absolute Gasteiger partial charge is 0.475 e. The molecule has 3 unspecified atom stereocenters. The van der Waals surface area contributed by atoms with E-state index < -0.39 is 18.0 Å². The van der Waals surface area contributed by atoms with Crippen LogP contribution in [0.4, 0.5) is 4.39 Å². The molecule has 1 aromatic carbocycles. The van der Waals surface area contributed by atoms with Crippen LogP contribution >= 0.6 is 0 Å². The molecule has 0 saturated carbocycles. The van der Waals surface area contributed by atoms with Gasteiger partial charge in [-0.15, -0.1) is 0 Å². The van der Waals surface area contributed by atoms with Gasteiger partial charge in [0.2, 0.25) is 5.88 Å². The second kappa shape index (κ2) is 8.37. The number of aromatic nitrogens is 2. The van der Waals surface area contributed by atoms with Gasteiger partial charge in [-0.25, -0.2) is 9.37 Å². The summed E-state index contributed by atoms with van der Waals surface area (Å²) in [5.41, 5.74) is -0.155. The third kappa shape index (κ3) is 3.56. The molecule has 0 aliphatic carbocycles. The first-order valence-corrected chi connectivity index (χ1v) is 9.56. The Morgan fingerprint density at radius 2 is 1.86 bits per heavy atom. The highest BCUT2D eigenvalue weighted by molar-refractivity contribution is 5.99. The number of carbonyl (C=O) groups is 1. The summed E-state index contributed by atoms with van der Waals surface area (Å²) in [7, 11) is 0. The van der Waals surface area contributed by atoms with Crippen molar-refractivity contribution in [1.82, 2.24) is 15.3 Å². The second-order valence-corrected chi connectivity index (χ2v) is 6.48. The number of pyridine rings is 2. The number of amides is 1. The molecule has 1 fully saturated rings. The van der Waals surface area contributed by atoms with Gasteiger partial charge in [-0.05, 0) is 41.5 Å². The summed E-state index contributed by atoms with van der Waals surface area (Å²) >= 11 is 0. The lowest BCUT2D eigenvalue weighted by molar-refractivity contribution is -0.123. The van der Waals surface area contributed by atoms with Crippen molar-refractivity contribution in [2.45, 2.75) is 39.4 Å². The van der Waals surface area contributed by atoms with E-state index in [4.69, 9.17) is 4.74 Å². The van der Waals surface area contributed by atoms with Crippen molar-refractivity contribution >= 4 is 27.5 Å². The predicted molar refractivity (Wildman–Crippen MR) is 107 cm³/mol. The molecule has 0 radical (unpaired) electrons. The Kier molecular flexibility index (Phi) is 5.92. The second-order valence-electron chi connectivity index (χ2n) is 6.48. The average molecular weight is 385 g/mol. The van der Waals surface area contributed by atoms with Crippen LogP contribution in [0.5, 0.6) is 5.88 Å². The van der Waals surface area contributed by atoms with Gasteiger partial charge in [-0.1, -0.05) is 20.8 Å². The predicted octanol–water partition coefficient (Wildman–Crippen LogP) is 3.34. The topological polar surface area (TPSA) is 84.1 Å². The molecule has 4 rings (SSSR count). The molecule has 2 aromatic heterocycles. The van der Waals surface area contributed by atoms with Crippen LogP contribution in [-0.2, 0) is 4.79 Å². The van der Waals surface area contributed by atoms with E-state index in [1.54, 1.807) is 24.5 Å². The number of halogens is 1. The molecule has 1 saturated heterocycles.